The summed E-state index contributed by atoms with van der Waals surface area (Å²) in [5.41, 5.74) is 5.48. The molecule has 0 aliphatic heterocycles. The fourth-order valence-corrected chi connectivity index (χ4v) is 0.575. The van der Waals surface area contributed by atoms with E-state index in [1.807, 2.05) is 13.8 Å². The van der Waals surface area contributed by atoms with Crippen LogP contribution in [0, 0.1) is 0 Å². The molecule has 3 N–H and O–H groups in total. The Bertz CT molecular complexity index is 48.5. The van der Waals surface area contributed by atoms with Gasteiger partial charge < -0.3 is 10.8 Å². The van der Waals surface area contributed by atoms with Crippen LogP contribution in [0.4, 0.5) is 0 Å². The summed E-state index contributed by atoms with van der Waals surface area (Å²) in [6.45, 7) is 3.91. The first-order valence-electron chi connectivity index (χ1n) is 3.16. The summed E-state index contributed by atoms with van der Waals surface area (Å²) < 4.78 is 0. The molecular weight excluding hydrogens is 102 g/mol. The zero-order chi connectivity index (χ0) is 6.57. The fraction of sp³-hybridized carbons (Fsp3) is 1.00. The molecular formula is C6H15NO. The van der Waals surface area contributed by atoms with Crippen LogP contribution < -0.4 is 5.73 Å². The second kappa shape index (κ2) is 3.87. The molecule has 0 spiro atoms. The number of nitrogens with two attached hydrogens (primary N) is 1. The van der Waals surface area contributed by atoms with Gasteiger partial charge in [0.05, 0.1) is 6.10 Å². The summed E-state index contributed by atoms with van der Waals surface area (Å²) in [6.07, 6.45) is 1.31. The van der Waals surface area contributed by atoms with Gasteiger partial charge in [-0.15, -0.1) is 0 Å². The first-order valence-corrected chi connectivity index (χ1v) is 3.16. The Morgan fingerprint density at radius 1 is 1.38 bits per heavy atom. The zero-order valence-corrected chi connectivity index (χ0v) is 5.59. The highest BCUT2D eigenvalue weighted by molar-refractivity contribution is 4.67. The third kappa shape index (κ3) is 2.28. The Kier molecular flexibility index (Phi) is 3.83. The van der Waals surface area contributed by atoms with Crippen LogP contribution in [0.5, 0.6) is 0 Å². The second-order valence-electron chi connectivity index (χ2n) is 2.05. The fourth-order valence-electron chi connectivity index (χ4n) is 0.575. The molecule has 0 saturated heterocycles. The number of hydrogen-bond acceptors (Lipinski definition) is 2. The second-order valence-corrected chi connectivity index (χ2v) is 2.05. The molecule has 0 heterocycles. The van der Waals surface area contributed by atoms with E-state index in [2.05, 4.69) is 0 Å². The lowest BCUT2D eigenvalue weighted by atomic mass is 10.1. The lowest BCUT2D eigenvalue weighted by Gasteiger charge is -2.13. The highest BCUT2D eigenvalue weighted by Gasteiger charge is 2.08. The van der Waals surface area contributed by atoms with E-state index in [0.717, 1.165) is 12.8 Å². The molecule has 0 aromatic heterocycles. The largest absolute Gasteiger partial charge is 0.392 e. The molecule has 0 aliphatic carbocycles. The Balaban J connectivity index is 3.29. The van der Waals surface area contributed by atoms with Crippen molar-refractivity contribution in [3.63, 3.8) is 0 Å². The van der Waals surface area contributed by atoms with Gasteiger partial charge in [0.1, 0.15) is 0 Å². The van der Waals surface area contributed by atoms with Crippen LogP contribution in [0.15, 0.2) is 0 Å². The molecule has 0 aliphatic rings. The van der Waals surface area contributed by atoms with E-state index in [1.54, 1.807) is 0 Å². The average Bonchev–Trinajstić information content (AvgIpc) is 1.84. The molecule has 0 amide bonds. The van der Waals surface area contributed by atoms with Gasteiger partial charge in [0.25, 0.3) is 0 Å². The molecule has 50 valence electrons. The third-order valence-corrected chi connectivity index (χ3v) is 1.38. The highest BCUT2D eigenvalue weighted by Crippen LogP contribution is 1.97. The summed E-state index contributed by atoms with van der Waals surface area (Å²) in [4.78, 5) is 0. The molecule has 0 saturated carbocycles. The van der Waals surface area contributed by atoms with Crippen LogP contribution in [-0.4, -0.2) is 17.3 Å². The maximum absolute atomic E-state index is 9.00. The molecule has 0 aromatic rings. The van der Waals surface area contributed by atoms with Crippen LogP contribution in [0.25, 0.3) is 0 Å². The van der Waals surface area contributed by atoms with E-state index < -0.39 is 0 Å². The number of aliphatic hydroxyl groups excluding tert-OH is 1. The van der Waals surface area contributed by atoms with E-state index in [4.69, 9.17) is 10.8 Å². The van der Waals surface area contributed by atoms with Crippen molar-refractivity contribution in [1.82, 2.24) is 0 Å². The van der Waals surface area contributed by atoms with Gasteiger partial charge in [-0.1, -0.05) is 13.8 Å². The van der Waals surface area contributed by atoms with Gasteiger partial charge in [0.2, 0.25) is 0 Å². The van der Waals surface area contributed by atoms with Crippen molar-refractivity contribution in [1.29, 1.82) is 0 Å². The van der Waals surface area contributed by atoms with E-state index in [1.165, 1.54) is 0 Å². The van der Waals surface area contributed by atoms with Gasteiger partial charge in [0.15, 0.2) is 0 Å². The van der Waals surface area contributed by atoms with E-state index in [0.29, 0.717) is 0 Å². The SMILES string of the molecule is CCC(O)[C@H](N)CC. The van der Waals surface area contributed by atoms with Crippen molar-refractivity contribution in [3.8, 4) is 0 Å². The number of rotatable bonds is 3. The Labute approximate surface area is 50.7 Å². The molecule has 1 unspecified atom stereocenters. The average molecular weight is 117 g/mol. The van der Waals surface area contributed by atoms with Gasteiger partial charge in [0, 0.05) is 6.04 Å². The van der Waals surface area contributed by atoms with Crippen molar-refractivity contribution >= 4 is 0 Å². The normalized spacial score (nSPS) is 18.0. The van der Waals surface area contributed by atoms with Crippen LogP contribution in [0.2, 0.25) is 0 Å². The number of aliphatic hydroxyl groups is 1. The quantitative estimate of drug-likeness (QED) is 0.565. The summed E-state index contributed by atoms with van der Waals surface area (Å²) in [6, 6.07) is -0.0278. The van der Waals surface area contributed by atoms with Gasteiger partial charge in [-0.2, -0.15) is 0 Å². The maximum atomic E-state index is 9.00. The molecule has 0 aromatic carbocycles. The first-order chi connectivity index (χ1) is 3.72. The maximum Gasteiger partial charge on any atom is 0.0688 e. The molecule has 2 nitrogen and oxygen atoms in total. The molecule has 2 heteroatoms. The van der Waals surface area contributed by atoms with Crippen molar-refractivity contribution in [2.75, 3.05) is 0 Å². The topological polar surface area (TPSA) is 46.2 Å². The monoisotopic (exact) mass is 117 g/mol. The first kappa shape index (κ1) is 7.92. The smallest absolute Gasteiger partial charge is 0.0688 e. The van der Waals surface area contributed by atoms with Gasteiger partial charge >= 0.3 is 0 Å². The summed E-state index contributed by atoms with van der Waals surface area (Å²) in [7, 11) is 0. The molecule has 0 rings (SSSR count). The molecule has 0 radical (unpaired) electrons. The Hall–Kier alpha value is -0.0800. The predicted molar refractivity (Wildman–Crippen MR) is 34.6 cm³/mol. The van der Waals surface area contributed by atoms with Crippen molar-refractivity contribution in [2.24, 2.45) is 5.73 Å². The standard InChI is InChI=1S/C6H15NO/c1-3-5(7)6(8)4-2/h5-6,8H,3-4,7H2,1-2H3/t5-,6?/m1/s1. The van der Waals surface area contributed by atoms with E-state index in [9.17, 15) is 0 Å². The van der Waals surface area contributed by atoms with Crippen molar-refractivity contribution in [2.45, 2.75) is 38.8 Å². The van der Waals surface area contributed by atoms with Gasteiger partial charge in [-0.25, -0.2) is 0 Å². The minimum atomic E-state index is -0.306. The van der Waals surface area contributed by atoms with Crippen LogP contribution in [0.3, 0.4) is 0 Å². The van der Waals surface area contributed by atoms with Gasteiger partial charge in [-0.05, 0) is 12.8 Å². The Morgan fingerprint density at radius 3 is 2.00 bits per heavy atom. The summed E-state index contributed by atoms with van der Waals surface area (Å²) in [5, 5.41) is 9.00. The van der Waals surface area contributed by atoms with E-state index >= 15 is 0 Å². The lowest BCUT2D eigenvalue weighted by molar-refractivity contribution is 0.138. The van der Waals surface area contributed by atoms with Crippen LogP contribution in [-0.2, 0) is 0 Å². The summed E-state index contributed by atoms with van der Waals surface area (Å²) >= 11 is 0. The highest BCUT2D eigenvalue weighted by atomic mass is 16.3. The van der Waals surface area contributed by atoms with E-state index in [-0.39, 0.29) is 12.1 Å². The Morgan fingerprint density at radius 2 is 1.88 bits per heavy atom. The van der Waals surface area contributed by atoms with Crippen LogP contribution in [0.1, 0.15) is 26.7 Å². The van der Waals surface area contributed by atoms with Crippen LogP contribution >= 0.6 is 0 Å². The third-order valence-electron chi connectivity index (χ3n) is 1.38. The molecule has 8 heavy (non-hydrogen) atoms. The van der Waals surface area contributed by atoms with Crippen molar-refractivity contribution < 1.29 is 5.11 Å². The van der Waals surface area contributed by atoms with Gasteiger partial charge in [-0.3, -0.25) is 0 Å². The summed E-state index contributed by atoms with van der Waals surface area (Å²) in [5.74, 6) is 0. The molecule has 0 fully saturated rings. The predicted octanol–water partition coefficient (Wildman–Crippen LogP) is 0.495. The minimum Gasteiger partial charge on any atom is -0.392 e. The number of hydrogen-bond donors (Lipinski definition) is 2. The molecule has 0 bridgehead atoms. The zero-order valence-electron chi connectivity index (χ0n) is 5.59. The lowest BCUT2D eigenvalue weighted by Crippen LogP contribution is -2.33. The molecule has 2 atom stereocenters. The minimum absolute atomic E-state index is 0.0278. The van der Waals surface area contributed by atoms with Crippen molar-refractivity contribution in [3.05, 3.63) is 0 Å².